The van der Waals surface area contributed by atoms with Crippen LogP contribution in [0, 0.1) is 58.2 Å². The van der Waals surface area contributed by atoms with Gasteiger partial charge in [-0.25, -0.2) is 43.9 Å². The monoisotopic (exact) mass is 481 g/mol. The minimum Gasteiger partial charge on any atom is -0.349 e. The SMILES string of the molecule is CN(C)C(=O)CCP(=O)(c1c(F)c(F)c(F)c(F)c1F)c1c(F)c(F)c(F)c(F)c1F. The lowest BCUT2D eigenvalue weighted by Crippen LogP contribution is -2.34. The maximum atomic E-state index is 14.3. The van der Waals surface area contributed by atoms with Crippen LogP contribution in [0.2, 0.25) is 0 Å². The molecule has 14 heteroatoms. The Labute approximate surface area is 167 Å². The van der Waals surface area contributed by atoms with Gasteiger partial charge in [-0.15, -0.1) is 0 Å². The van der Waals surface area contributed by atoms with Crippen LogP contribution in [0.3, 0.4) is 0 Å². The maximum Gasteiger partial charge on any atom is 0.222 e. The second-order valence-electron chi connectivity index (χ2n) is 6.34. The number of amides is 1. The third-order valence-corrected chi connectivity index (χ3v) is 7.32. The van der Waals surface area contributed by atoms with E-state index in [-0.39, 0.29) is 0 Å². The third-order valence-electron chi connectivity index (χ3n) is 4.24. The molecule has 0 aromatic heterocycles. The van der Waals surface area contributed by atoms with E-state index in [1.165, 1.54) is 0 Å². The Bertz CT molecular complexity index is 1000. The van der Waals surface area contributed by atoms with Crippen LogP contribution in [-0.2, 0) is 9.36 Å². The van der Waals surface area contributed by atoms with Crippen molar-refractivity contribution in [1.29, 1.82) is 0 Å². The molecule has 0 aliphatic carbocycles. The fourth-order valence-electron chi connectivity index (χ4n) is 2.63. The molecule has 0 aliphatic rings. The lowest BCUT2D eigenvalue weighted by atomic mass is 10.3. The normalized spacial score (nSPS) is 11.7. The van der Waals surface area contributed by atoms with Crippen molar-refractivity contribution in [3.05, 3.63) is 58.2 Å². The van der Waals surface area contributed by atoms with Gasteiger partial charge in [0.05, 0.1) is 10.6 Å². The van der Waals surface area contributed by atoms with Gasteiger partial charge < -0.3 is 9.46 Å². The van der Waals surface area contributed by atoms with Crippen molar-refractivity contribution < 1.29 is 53.3 Å². The van der Waals surface area contributed by atoms with Gasteiger partial charge in [-0.05, 0) is 0 Å². The summed E-state index contributed by atoms with van der Waals surface area (Å²) in [4.78, 5) is 12.6. The third kappa shape index (κ3) is 3.90. The van der Waals surface area contributed by atoms with Gasteiger partial charge >= 0.3 is 0 Å². The zero-order valence-corrected chi connectivity index (χ0v) is 16.3. The van der Waals surface area contributed by atoms with E-state index in [0.717, 1.165) is 19.0 Å². The summed E-state index contributed by atoms with van der Waals surface area (Å²) in [5.41, 5.74) is 0. The molecule has 2 rings (SSSR count). The number of benzene rings is 2. The second-order valence-corrected chi connectivity index (χ2v) is 9.16. The fraction of sp³-hybridized carbons (Fsp3) is 0.235. The van der Waals surface area contributed by atoms with Crippen molar-refractivity contribution in [2.75, 3.05) is 20.3 Å². The van der Waals surface area contributed by atoms with E-state index in [1.807, 2.05) is 0 Å². The van der Waals surface area contributed by atoms with E-state index in [4.69, 9.17) is 0 Å². The Morgan fingerprint density at radius 1 is 0.613 bits per heavy atom. The molecule has 1 amide bonds. The van der Waals surface area contributed by atoms with Crippen molar-refractivity contribution in [3.8, 4) is 0 Å². The number of hydrogen-bond acceptors (Lipinski definition) is 2. The van der Waals surface area contributed by atoms with Crippen LogP contribution in [0.1, 0.15) is 6.42 Å². The van der Waals surface area contributed by atoms with Crippen molar-refractivity contribution in [2.24, 2.45) is 0 Å². The van der Waals surface area contributed by atoms with E-state index in [1.54, 1.807) is 0 Å². The molecule has 170 valence electrons. The van der Waals surface area contributed by atoms with Crippen LogP contribution in [-0.4, -0.2) is 31.1 Å². The molecule has 0 fully saturated rings. The molecular weight excluding hydrogens is 471 g/mol. The summed E-state index contributed by atoms with van der Waals surface area (Å²) in [6, 6.07) is 0. The number of carbonyl (C=O) groups excluding carboxylic acids is 1. The van der Waals surface area contributed by atoms with Gasteiger partial charge in [0, 0.05) is 26.7 Å². The number of halogens is 10. The number of carbonyl (C=O) groups is 1. The first-order valence-corrected chi connectivity index (χ1v) is 9.90. The molecule has 0 bridgehead atoms. The molecule has 2 aromatic carbocycles. The second kappa shape index (κ2) is 8.52. The minimum atomic E-state index is -5.86. The molecule has 0 aliphatic heterocycles. The lowest BCUT2D eigenvalue weighted by Gasteiger charge is -2.23. The van der Waals surface area contributed by atoms with E-state index in [2.05, 4.69) is 0 Å². The minimum absolute atomic E-state index is 0.807. The van der Waals surface area contributed by atoms with Crippen LogP contribution in [0.4, 0.5) is 43.9 Å². The molecule has 0 spiro atoms. The summed E-state index contributed by atoms with van der Waals surface area (Å²) in [6.07, 6.45) is -2.58. The fourth-order valence-corrected chi connectivity index (χ4v) is 5.47. The lowest BCUT2D eigenvalue weighted by molar-refractivity contribution is -0.128. The standard InChI is InChI=1S/C17H10F10NO2P/c1-28(2)5(29)3-4-31(30,16-12(24)8(20)6(18)9(21)13(16)25)17-14(26)10(22)7(19)11(23)15(17)27/h3-4H2,1-2H3. The summed E-state index contributed by atoms with van der Waals surface area (Å²) >= 11 is 0. The summed E-state index contributed by atoms with van der Waals surface area (Å²) in [5, 5.41) is -4.59. The van der Waals surface area contributed by atoms with Gasteiger partial charge in [0.1, 0.15) is 0 Å². The molecular formula is C17H10F10NO2P. The smallest absolute Gasteiger partial charge is 0.222 e. The van der Waals surface area contributed by atoms with Crippen LogP contribution in [0.15, 0.2) is 0 Å². The Kier molecular flexibility index (Phi) is 6.79. The highest BCUT2D eigenvalue weighted by molar-refractivity contribution is 7.78. The van der Waals surface area contributed by atoms with Gasteiger partial charge in [0.15, 0.2) is 53.7 Å². The van der Waals surface area contributed by atoms with Crippen LogP contribution in [0.5, 0.6) is 0 Å². The van der Waals surface area contributed by atoms with Crippen molar-refractivity contribution in [1.82, 2.24) is 4.90 Å². The van der Waals surface area contributed by atoms with Gasteiger partial charge in [-0.2, -0.15) is 0 Å². The highest BCUT2D eigenvalue weighted by atomic mass is 31.2. The zero-order chi connectivity index (χ0) is 24.0. The van der Waals surface area contributed by atoms with Gasteiger partial charge in [-0.3, -0.25) is 4.79 Å². The summed E-state index contributed by atoms with van der Waals surface area (Å²) in [6.45, 7) is 0. The molecule has 0 atom stereocenters. The number of nitrogens with zero attached hydrogens (tertiary/aromatic N) is 1. The van der Waals surface area contributed by atoms with Crippen LogP contribution in [0.25, 0.3) is 0 Å². The van der Waals surface area contributed by atoms with E-state index < -0.39 is 94.4 Å². The Hall–Kier alpha value is -2.56. The number of hydrogen-bond donors (Lipinski definition) is 0. The van der Waals surface area contributed by atoms with E-state index >= 15 is 0 Å². The van der Waals surface area contributed by atoms with Gasteiger partial charge in [0.25, 0.3) is 0 Å². The van der Waals surface area contributed by atoms with Crippen molar-refractivity contribution in [2.45, 2.75) is 6.42 Å². The first-order chi connectivity index (χ1) is 14.2. The Morgan fingerprint density at radius 3 is 1.13 bits per heavy atom. The van der Waals surface area contributed by atoms with E-state index in [9.17, 15) is 53.3 Å². The Morgan fingerprint density at radius 2 is 0.871 bits per heavy atom. The predicted molar refractivity (Wildman–Crippen MR) is 87.5 cm³/mol. The molecule has 0 saturated heterocycles. The average molecular weight is 481 g/mol. The molecule has 3 nitrogen and oxygen atoms in total. The molecule has 2 aromatic rings. The van der Waals surface area contributed by atoms with Crippen LogP contribution >= 0.6 is 7.14 Å². The largest absolute Gasteiger partial charge is 0.349 e. The quantitative estimate of drug-likeness (QED) is 0.282. The van der Waals surface area contributed by atoms with E-state index in [0.29, 0.717) is 0 Å². The highest BCUT2D eigenvalue weighted by Crippen LogP contribution is 2.48. The van der Waals surface area contributed by atoms with Crippen LogP contribution < -0.4 is 10.6 Å². The molecule has 0 heterocycles. The maximum absolute atomic E-state index is 14.3. The topological polar surface area (TPSA) is 37.4 Å². The zero-order valence-electron chi connectivity index (χ0n) is 15.4. The summed E-state index contributed by atoms with van der Waals surface area (Å²) in [7, 11) is -3.60. The number of rotatable bonds is 5. The van der Waals surface area contributed by atoms with Crippen molar-refractivity contribution in [3.63, 3.8) is 0 Å². The molecule has 0 radical (unpaired) electrons. The summed E-state index contributed by atoms with van der Waals surface area (Å²) < 4.78 is 152. The average Bonchev–Trinajstić information content (AvgIpc) is 2.71. The molecule has 0 N–H and O–H groups in total. The molecule has 0 unspecified atom stereocenters. The molecule has 0 saturated carbocycles. The predicted octanol–water partition coefficient (Wildman–Crippen LogP) is 3.87. The van der Waals surface area contributed by atoms with Crippen molar-refractivity contribution >= 4 is 23.7 Å². The first-order valence-electron chi connectivity index (χ1n) is 8.01. The first kappa shape index (κ1) is 24.7. The Balaban J connectivity index is 3.00. The van der Waals surface area contributed by atoms with Gasteiger partial charge in [-0.1, -0.05) is 0 Å². The highest BCUT2D eigenvalue weighted by Gasteiger charge is 2.45. The molecule has 31 heavy (non-hydrogen) atoms. The van der Waals surface area contributed by atoms with Gasteiger partial charge in [0.2, 0.25) is 17.5 Å². The summed E-state index contributed by atoms with van der Waals surface area (Å²) in [5.74, 6) is -28.3.